The summed E-state index contributed by atoms with van der Waals surface area (Å²) in [5.41, 5.74) is 1.70. The zero-order chi connectivity index (χ0) is 14.0. The molecular weight excluding hydrogens is 272 g/mol. The van der Waals surface area contributed by atoms with Crippen molar-refractivity contribution in [3.63, 3.8) is 0 Å². The number of carbonyl (C=O) groups excluding carboxylic acids is 1. The van der Waals surface area contributed by atoms with Crippen molar-refractivity contribution in [2.75, 3.05) is 6.54 Å². The van der Waals surface area contributed by atoms with Gasteiger partial charge in [0, 0.05) is 23.2 Å². The lowest BCUT2D eigenvalue weighted by molar-refractivity contribution is 0.0944. The Morgan fingerprint density at radius 1 is 1.25 bits per heavy atom. The molecule has 0 spiro atoms. The number of nitrogens with zero attached hydrogens (tertiary/aromatic N) is 1. The summed E-state index contributed by atoms with van der Waals surface area (Å²) in [5.74, 6) is -0.126. The second-order valence-electron chi connectivity index (χ2n) is 5.19. The molecule has 4 heteroatoms. The quantitative estimate of drug-likeness (QED) is 0.938. The van der Waals surface area contributed by atoms with Gasteiger partial charge in [0.05, 0.1) is 0 Å². The van der Waals surface area contributed by atoms with E-state index in [9.17, 15) is 4.79 Å². The van der Waals surface area contributed by atoms with Crippen LogP contribution >= 0.6 is 11.6 Å². The molecule has 0 aliphatic heterocycles. The largest absolute Gasteiger partial charge is 0.350 e. The third-order valence-electron chi connectivity index (χ3n) is 3.78. The number of hydrogen-bond acceptors (Lipinski definition) is 2. The molecule has 102 valence electrons. The molecule has 1 fully saturated rings. The van der Waals surface area contributed by atoms with Crippen LogP contribution in [0.25, 0.3) is 0 Å². The summed E-state index contributed by atoms with van der Waals surface area (Å²) in [6.07, 6.45) is 3.78. The maximum atomic E-state index is 12.0. The number of amides is 1. The van der Waals surface area contributed by atoms with Crippen LogP contribution in [0.4, 0.5) is 0 Å². The van der Waals surface area contributed by atoms with Crippen LogP contribution in [-0.2, 0) is 5.41 Å². The van der Waals surface area contributed by atoms with Gasteiger partial charge in [0.2, 0.25) is 0 Å². The van der Waals surface area contributed by atoms with Gasteiger partial charge in [0.1, 0.15) is 5.69 Å². The maximum absolute atomic E-state index is 12.0. The van der Waals surface area contributed by atoms with Crippen LogP contribution in [0.15, 0.2) is 48.7 Å². The van der Waals surface area contributed by atoms with E-state index in [0.29, 0.717) is 12.2 Å². The van der Waals surface area contributed by atoms with E-state index in [1.807, 2.05) is 24.3 Å². The van der Waals surface area contributed by atoms with Gasteiger partial charge in [-0.3, -0.25) is 9.78 Å². The van der Waals surface area contributed by atoms with Crippen molar-refractivity contribution in [1.29, 1.82) is 0 Å². The molecule has 1 aromatic heterocycles. The number of rotatable bonds is 4. The molecule has 0 saturated heterocycles. The molecule has 3 rings (SSSR count). The Labute approximate surface area is 123 Å². The highest BCUT2D eigenvalue weighted by atomic mass is 35.5. The van der Waals surface area contributed by atoms with Gasteiger partial charge in [0.15, 0.2) is 0 Å². The van der Waals surface area contributed by atoms with Gasteiger partial charge in [-0.05, 0) is 42.7 Å². The van der Waals surface area contributed by atoms with Crippen molar-refractivity contribution in [2.24, 2.45) is 0 Å². The first-order valence-corrected chi connectivity index (χ1v) is 7.03. The molecule has 1 aliphatic rings. The molecule has 1 aliphatic carbocycles. The SMILES string of the molecule is O=C(NCC1(c2cccc(Cl)c2)CC1)c1ccccn1. The normalized spacial score (nSPS) is 15.7. The topological polar surface area (TPSA) is 42.0 Å². The van der Waals surface area contributed by atoms with Crippen LogP contribution in [0.3, 0.4) is 0 Å². The van der Waals surface area contributed by atoms with Crippen LogP contribution in [0, 0.1) is 0 Å². The average molecular weight is 287 g/mol. The zero-order valence-electron chi connectivity index (χ0n) is 11.0. The van der Waals surface area contributed by atoms with E-state index in [-0.39, 0.29) is 11.3 Å². The Balaban J connectivity index is 1.68. The second kappa shape index (κ2) is 5.25. The molecular formula is C16H15ClN2O. The Bertz CT molecular complexity index is 623. The summed E-state index contributed by atoms with van der Waals surface area (Å²) in [6.45, 7) is 0.628. The third-order valence-corrected chi connectivity index (χ3v) is 4.01. The highest BCUT2D eigenvalue weighted by Crippen LogP contribution is 2.48. The number of pyridine rings is 1. The minimum absolute atomic E-state index is 0.0509. The molecule has 1 aromatic carbocycles. The number of halogens is 1. The van der Waals surface area contributed by atoms with Crippen LogP contribution in [0.1, 0.15) is 28.9 Å². The summed E-state index contributed by atoms with van der Waals surface area (Å²) in [6, 6.07) is 13.2. The standard InChI is InChI=1S/C16H15ClN2O/c17-13-5-3-4-12(10-13)16(7-8-16)11-19-15(20)14-6-1-2-9-18-14/h1-6,9-10H,7-8,11H2,(H,19,20). The fourth-order valence-electron chi connectivity index (χ4n) is 2.37. The molecule has 1 N–H and O–H groups in total. The molecule has 2 aromatic rings. The maximum Gasteiger partial charge on any atom is 0.269 e. The first-order valence-electron chi connectivity index (χ1n) is 6.65. The molecule has 1 saturated carbocycles. The lowest BCUT2D eigenvalue weighted by Gasteiger charge is -2.16. The van der Waals surface area contributed by atoms with Gasteiger partial charge in [-0.2, -0.15) is 0 Å². The minimum atomic E-state index is -0.126. The summed E-state index contributed by atoms with van der Waals surface area (Å²) in [7, 11) is 0. The summed E-state index contributed by atoms with van der Waals surface area (Å²) >= 11 is 6.04. The first kappa shape index (κ1) is 13.1. The van der Waals surface area contributed by atoms with Crippen LogP contribution < -0.4 is 5.32 Å². The van der Waals surface area contributed by atoms with Gasteiger partial charge >= 0.3 is 0 Å². The van der Waals surface area contributed by atoms with E-state index in [2.05, 4.69) is 16.4 Å². The molecule has 0 bridgehead atoms. The molecule has 1 amide bonds. The molecule has 0 unspecified atom stereocenters. The van der Waals surface area contributed by atoms with E-state index in [4.69, 9.17) is 11.6 Å². The molecule has 20 heavy (non-hydrogen) atoms. The third kappa shape index (κ3) is 2.68. The second-order valence-corrected chi connectivity index (χ2v) is 5.62. The smallest absolute Gasteiger partial charge is 0.269 e. The minimum Gasteiger partial charge on any atom is -0.350 e. The first-order chi connectivity index (χ1) is 9.70. The van der Waals surface area contributed by atoms with Gasteiger partial charge in [-0.25, -0.2) is 0 Å². The Kier molecular flexibility index (Phi) is 3.45. The Morgan fingerprint density at radius 3 is 2.75 bits per heavy atom. The Hall–Kier alpha value is -1.87. The zero-order valence-corrected chi connectivity index (χ0v) is 11.7. The number of carbonyl (C=O) groups is 1. The van der Waals surface area contributed by atoms with E-state index in [0.717, 1.165) is 17.9 Å². The van der Waals surface area contributed by atoms with E-state index < -0.39 is 0 Å². The van der Waals surface area contributed by atoms with E-state index >= 15 is 0 Å². The average Bonchev–Trinajstić information content (AvgIpc) is 3.27. The fourth-order valence-corrected chi connectivity index (χ4v) is 2.56. The highest BCUT2D eigenvalue weighted by Gasteiger charge is 2.44. The summed E-state index contributed by atoms with van der Waals surface area (Å²) < 4.78 is 0. The lowest BCUT2D eigenvalue weighted by atomic mass is 9.96. The lowest BCUT2D eigenvalue weighted by Crippen LogP contribution is -2.32. The number of nitrogens with one attached hydrogen (secondary N) is 1. The monoisotopic (exact) mass is 286 g/mol. The molecule has 0 atom stereocenters. The Morgan fingerprint density at radius 2 is 2.10 bits per heavy atom. The van der Waals surface area contributed by atoms with E-state index in [1.165, 1.54) is 5.56 Å². The predicted molar refractivity (Wildman–Crippen MR) is 78.9 cm³/mol. The van der Waals surface area contributed by atoms with Crippen molar-refractivity contribution in [3.8, 4) is 0 Å². The van der Waals surface area contributed by atoms with Crippen LogP contribution in [0.2, 0.25) is 5.02 Å². The van der Waals surface area contributed by atoms with Gasteiger partial charge < -0.3 is 5.32 Å². The van der Waals surface area contributed by atoms with Crippen molar-refractivity contribution in [3.05, 3.63) is 64.9 Å². The molecule has 3 nitrogen and oxygen atoms in total. The van der Waals surface area contributed by atoms with Crippen molar-refractivity contribution in [1.82, 2.24) is 10.3 Å². The highest BCUT2D eigenvalue weighted by molar-refractivity contribution is 6.30. The van der Waals surface area contributed by atoms with Crippen LogP contribution in [0.5, 0.6) is 0 Å². The molecule has 1 heterocycles. The van der Waals surface area contributed by atoms with Crippen molar-refractivity contribution >= 4 is 17.5 Å². The molecule has 0 radical (unpaired) electrons. The fraction of sp³-hybridized carbons (Fsp3) is 0.250. The van der Waals surface area contributed by atoms with Crippen molar-refractivity contribution < 1.29 is 4.79 Å². The summed E-state index contributed by atoms with van der Waals surface area (Å²) in [4.78, 5) is 16.1. The summed E-state index contributed by atoms with van der Waals surface area (Å²) in [5, 5.41) is 3.72. The number of aromatic nitrogens is 1. The predicted octanol–water partition coefficient (Wildman–Crippen LogP) is 3.20. The van der Waals surface area contributed by atoms with E-state index in [1.54, 1.807) is 18.3 Å². The van der Waals surface area contributed by atoms with Gasteiger partial charge in [0.25, 0.3) is 5.91 Å². The number of benzene rings is 1. The van der Waals surface area contributed by atoms with Crippen LogP contribution in [-0.4, -0.2) is 17.4 Å². The van der Waals surface area contributed by atoms with Gasteiger partial charge in [-0.1, -0.05) is 29.8 Å². The van der Waals surface area contributed by atoms with Gasteiger partial charge in [-0.15, -0.1) is 0 Å². The number of hydrogen-bond donors (Lipinski definition) is 1. The van der Waals surface area contributed by atoms with Crippen molar-refractivity contribution in [2.45, 2.75) is 18.3 Å².